The Morgan fingerprint density at radius 3 is 2.60 bits per heavy atom. The smallest absolute Gasteiger partial charge is 0.247 e. The summed E-state index contributed by atoms with van der Waals surface area (Å²) in [5.41, 5.74) is 7.16. The molecule has 114 valence electrons. The number of nitrogens with two attached hydrogens (primary N) is 1. The first kappa shape index (κ1) is 15.5. The van der Waals surface area contributed by atoms with Gasteiger partial charge in [-0.3, -0.25) is 4.68 Å². The van der Waals surface area contributed by atoms with Crippen molar-refractivity contribution in [3.05, 3.63) is 11.4 Å². The van der Waals surface area contributed by atoms with Crippen LogP contribution in [0, 0.1) is 0 Å². The van der Waals surface area contributed by atoms with Gasteiger partial charge in [-0.05, 0) is 25.7 Å². The largest absolute Gasteiger partial charge is 0.329 e. The van der Waals surface area contributed by atoms with Crippen LogP contribution in [0.15, 0.2) is 4.90 Å². The zero-order chi connectivity index (χ0) is 14.9. The summed E-state index contributed by atoms with van der Waals surface area (Å²) in [6.45, 7) is 4.83. The molecule has 0 aromatic carbocycles. The van der Waals surface area contributed by atoms with E-state index in [0.29, 0.717) is 36.5 Å². The van der Waals surface area contributed by atoms with E-state index in [1.807, 2.05) is 13.8 Å². The minimum atomic E-state index is -3.49. The monoisotopic (exact) mass is 300 g/mol. The summed E-state index contributed by atoms with van der Waals surface area (Å²) < 4.78 is 29.3. The van der Waals surface area contributed by atoms with Crippen molar-refractivity contribution >= 4 is 10.0 Å². The van der Waals surface area contributed by atoms with Gasteiger partial charge in [0.2, 0.25) is 10.0 Å². The Hall–Kier alpha value is -0.920. The molecule has 1 aromatic heterocycles. The normalized spacial score (nSPS) is 20.7. The van der Waals surface area contributed by atoms with E-state index in [4.69, 9.17) is 5.73 Å². The van der Waals surface area contributed by atoms with Gasteiger partial charge in [-0.1, -0.05) is 13.8 Å². The van der Waals surface area contributed by atoms with E-state index in [1.54, 1.807) is 16.0 Å². The molecule has 1 aliphatic rings. The number of nitrogens with zero attached hydrogens (tertiary/aromatic N) is 3. The lowest BCUT2D eigenvalue weighted by Gasteiger charge is -2.23. The molecule has 0 unspecified atom stereocenters. The third-order valence-electron chi connectivity index (χ3n) is 4.02. The average molecular weight is 300 g/mol. The minimum absolute atomic E-state index is 0.0744. The molecule has 20 heavy (non-hydrogen) atoms. The zero-order valence-corrected chi connectivity index (χ0v) is 13.3. The second kappa shape index (κ2) is 5.83. The van der Waals surface area contributed by atoms with Gasteiger partial charge in [0.25, 0.3) is 0 Å². The van der Waals surface area contributed by atoms with Crippen LogP contribution in [-0.2, 0) is 29.9 Å². The fourth-order valence-electron chi connectivity index (χ4n) is 3.00. The lowest BCUT2D eigenvalue weighted by atomic mass is 10.2. The van der Waals surface area contributed by atoms with E-state index < -0.39 is 10.0 Å². The van der Waals surface area contributed by atoms with Crippen molar-refractivity contribution in [1.29, 1.82) is 0 Å². The number of sulfonamides is 1. The summed E-state index contributed by atoms with van der Waals surface area (Å²) in [5, 5.41) is 4.37. The quantitative estimate of drug-likeness (QED) is 0.866. The second-order valence-electron chi connectivity index (χ2n) is 5.20. The topological polar surface area (TPSA) is 81.2 Å². The SMILES string of the molecule is CCc1nn(C)c(CC)c1S(=O)(=O)N1CCC[C@H]1CN. The van der Waals surface area contributed by atoms with E-state index in [-0.39, 0.29) is 6.04 Å². The number of rotatable bonds is 5. The Morgan fingerprint density at radius 1 is 1.35 bits per heavy atom. The first-order valence-electron chi connectivity index (χ1n) is 7.23. The Labute approximate surface area is 121 Å². The average Bonchev–Trinajstić information content (AvgIpc) is 3.02. The summed E-state index contributed by atoms with van der Waals surface area (Å²) in [5.74, 6) is 0. The molecule has 0 spiro atoms. The number of hydrogen-bond donors (Lipinski definition) is 1. The van der Waals surface area contributed by atoms with Gasteiger partial charge in [0, 0.05) is 26.2 Å². The molecular formula is C13H24N4O2S. The van der Waals surface area contributed by atoms with E-state index in [2.05, 4.69) is 5.10 Å². The van der Waals surface area contributed by atoms with Crippen molar-refractivity contribution in [2.24, 2.45) is 12.8 Å². The molecule has 1 fully saturated rings. The van der Waals surface area contributed by atoms with Crippen molar-refractivity contribution in [2.75, 3.05) is 13.1 Å². The van der Waals surface area contributed by atoms with Crippen molar-refractivity contribution in [2.45, 2.75) is 50.5 Å². The van der Waals surface area contributed by atoms with Crippen molar-refractivity contribution in [3.8, 4) is 0 Å². The predicted molar refractivity (Wildman–Crippen MR) is 77.9 cm³/mol. The van der Waals surface area contributed by atoms with E-state index >= 15 is 0 Å². The van der Waals surface area contributed by atoms with E-state index in [0.717, 1.165) is 18.5 Å². The van der Waals surface area contributed by atoms with E-state index in [1.165, 1.54) is 0 Å². The fraction of sp³-hybridized carbons (Fsp3) is 0.769. The maximum absolute atomic E-state index is 13.0. The van der Waals surface area contributed by atoms with Crippen molar-refractivity contribution in [3.63, 3.8) is 0 Å². The Bertz CT molecular complexity index is 579. The van der Waals surface area contributed by atoms with Crippen molar-refractivity contribution in [1.82, 2.24) is 14.1 Å². The van der Waals surface area contributed by atoms with Crippen LogP contribution in [0.5, 0.6) is 0 Å². The maximum atomic E-state index is 13.0. The molecule has 0 amide bonds. The first-order chi connectivity index (χ1) is 9.47. The van der Waals surface area contributed by atoms with Gasteiger partial charge >= 0.3 is 0 Å². The highest BCUT2D eigenvalue weighted by atomic mass is 32.2. The van der Waals surface area contributed by atoms with Gasteiger partial charge in [0.1, 0.15) is 4.90 Å². The lowest BCUT2D eigenvalue weighted by molar-refractivity contribution is 0.392. The van der Waals surface area contributed by atoms with Gasteiger partial charge in [0.05, 0.1) is 11.4 Å². The van der Waals surface area contributed by atoms with Crippen LogP contribution in [0.2, 0.25) is 0 Å². The highest BCUT2D eigenvalue weighted by Gasteiger charge is 2.38. The molecular weight excluding hydrogens is 276 g/mol. The summed E-state index contributed by atoms with van der Waals surface area (Å²) in [6, 6.07) is -0.0744. The van der Waals surface area contributed by atoms with Crippen LogP contribution in [0.25, 0.3) is 0 Å². The standard InChI is InChI=1S/C13H24N4O2S/c1-4-11-13(12(5-2)16(3)15-11)20(18,19)17-8-6-7-10(17)9-14/h10H,4-9,14H2,1-3H3/t10-/m0/s1. The van der Waals surface area contributed by atoms with Gasteiger partial charge in [0.15, 0.2) is 0 Å². The minimum Gasteiger partial charge on any atom is -0.329 e. The summed E-state index contributed by atoms with van der Waals surface area (Å²) >= 11 is 0. The fourth-order valence-corrected chi connectivity index (χ4v) is 5.24. The van der Waals surface area contributed by atoms with Gasteiger partial charge in [-0.2, -0.15) is 9.40 Å². The van der Waals surface area contributed by atoms with Gasteiger partial charge in [-0.25, -0.2) is 8.42 Å². The van der Waals surface area contributed by atoms with Gasteiger partial charge in [-0.15, -0.1) is 0 Å². The molecule has 0 saturated carbocycles. The van der Waals surface area contributed by atoms with Crippen LogP contribution in [-0.4, -0.2) is 41.6 Å². The molecule has 1 aromatic rings. The maximum Gasteiger partial charge on any atom is 0.247 e. The highest BCUT2D eigenvalue weighted by Crippen LogP contribution is 2.30. The highest BCUT2D eigenvalue weighted by molar-refractivity contribution is 7.89. The van der Waals surface area contributed by atoms with Crippen molar-refractivity contribution < 1.29 is 8.42 Å². The zero-order valence-electron chi connectivity index (χ0n) is 12.5. The molecule has 1 aliphatic heterocycles. The lowest BCUT2D eigenvalue weighted by Crippen LogP contribution is -2.40. The molecule has 6 nitrogen and oxygen atoms in total. The van der Waals surface area contributed by atoms with Gasteiger partial charge < -0.3 is 5.73 Å². The molecule has 0 radical (unpaired) electrons. The Balaban J connectivity index is 2.54. The van der Waals surface area contributed by atoms with Crippen LogP contribution >= 0.6 is 0 Å². The molecule has 1 saturated heterocycles. The van der Waals surface area contributed by atoms with E-state index in [9.17, 15) is 8.42 Å². The summed E-state index contributed by atoms with van der Waals surface area (Å²) in [4.78, 5) is 0.408. The number of hydrogen-bond acceptors (Lipinski definition) is 4. The van der Waals surface area contributed by atoms with Crippen LogP contribution < -0.4 is 5.73 Å². The molecule has 0 bridgehead atoms. The molecule has 2 heterocycles. The Kier molecular flexibility index (Phi) is 4.51. The van der Waals surface area contributed by atoms with Crippen LogP contribution in [0.3, 0.4) is 0 Å². The molecule has 0 aliphatic carbocycles. The Morgan fingerprint density at radius 2 is 2.05 bits per heavy atom. The summed E-state index contributed by atoms with van der Waals surface area (Å²) in [6.07, 6.45) is 2.99. The van der Waals surface area contributed by atoms with Crippen LogP contribution in [0.1, 0.15) is 38.1 Å². The first-order valence-corrected chi connectivity index (χ1v) is 8.68. The predicted octanol–water partition coefficient (Wildman–Crippen LogP) is 0.657. The molecule has 2 rings (SSSR count). The molecule has 1 atom stereocenters. The number of aromatic nitrogens is 2. The molecule has 2 N–H and O–H groups in total. The molecule has 7 heteroatoms. The summed E-state index contributed by atoms with van der Waals surface area (Å²) in [7, 11) is -1.69. The second-order valence-corrected chi connectivity index (χ2v) is 7.03. The third kappa shape index (κ3) is 2.38. The van der Waals surface area contributed by atoms with Crippen LogP contribution in [0.4, 0.5) is 0 Å². The number of aryl methyl sites for hydroxylation is 2. The third-order valence-corrected chi connectivity index (χ3v) is 6.10.